The number of rotatable bonds is 3. The fraction of sp³-hybridized carbons (Fsp3) is 0.0833. The zero-order valence-electron chi connectivity index (χ0n) is 11.1. The quantitative estimate of drug-likeness (QED) is 0.691. The smallest absolute Gasteiger partial charge is 0.388 e. The summed E-state index contributed by atoms with van der Waals surface area (Å²) in [6.07, 6.45) is 0. The Balaban J connectivity index is 1.92. The van der Waals surface area contributed by atoms with Crippen LogP contribution in [0.4, 0.5) is 16.3 Å². The summed E-state index contributed by atoms with van der Waals surface area (Å²) in [5.41, 5.74) is 11.4. The highest BCUT2D eigenvalue weighted by Gasteiger charge is 2.12. The number of benzene rings is 1. The molecule has 0 atom stereocenters. The van der Waals surface area contributed by atoms with E-state index < -0.39 is 11.6 Å². The number of hydrogen-bond donors (Lipinski definition) is 2. The van der Waals surface area contributed by atoms with Crippen molar-refractivity contribution < 1.29 is 8.81 Å². The number of nitrogens with zero attached hydrogens (tertiary/aromatic N) is 5. The van der Waals surface area contributed by atoms with Crippen LogP contribution in [0.15, 0.2) is 33.5 Å². The maximum absolute atomic E-state index is 12.9. The zero-order valence-corrected chi connectivity index (χ0v) is 11.1. The number of nitrogen functional groups attached to an aromatic ring is 2. The molecule has 22 heavy (non-hydrogen) atoms. The Hall–Kier alpha value is -3.30. The van der Waals surface area contributed by atoms with Gasteiger partial charge in [-0.2, -0.15) is 19.6 Å². The Bertz CT molecular complexity index is 852. The van der Waals surface area contributed by atoms with Crippen LogP contribution in [0, 0.1) is 5.82 Å². The molecule has 0 fully saturated rings. The summed E-state index contributed by atoms with van der Waals surface area (Å²) in [5.74, 6) is -1.000. The first-order valence-electron chi connectivity index (χ1n) is 6.11. The lowest BCUT2D eigenvalue weighted by atomic mass is 10.2. The fourth-order valence-corrected chi connectivity index (χ4v) is 1.78. The second-order valence-electron chi connectivity index (χ2n) is 4.31. The van der Waals surface area contributed by atoms with Crippen LogP contribution < -0.4 is 17.2 Å². The molecule has 0 saturated heterocycles. The third-order valence-corrected chi connectivity index (χ3v) is 2.70. The SMILES string of the molecule is Nc1nc(N)nc(Cn2nc(-c3ccc(F)cc3)oc2=O)n1. The number of anilines is 2. The minimum atomic E-state index is -0.711. The van der Waals surface area contributed by atoms with Crippen LogP contribution in [0.1, 0.15) is 5.82 Å². The van der Waals surface area contributed by atoms with Crippen LogP contribution in [-0.2, 0) is 6.54 Å². The second kappa shape index (κ2) is 5.24. The molecule has 112 valence electrons. The van der Waals surface area contributed by atoms with E-state index >= 15 is 0 Å². The number of hydrogen-bond acceptors (Lipinski definition) is 8. The molecule has 0 amide bonds. The molecule has 3 rings (SSSR count). The molecule has 2 aromatic heterocycles. The summed E-state index contributed by atoms with van der Waals surface area (Å²) in [5, 5.41) is 4.00. The van der Waals surface area contributed by atoms with E-state index in [0.29, 0.717) is 5.56 Å². The van der Waals surface area contributed by atoms with E-state index in [1.54, 1.807) is 0 Å². The van der Waals surface area contributed by atoms with Gasteiger partial charge in [0.05, 0.1) is 0 Å². The molecule has 0 aliphatic carbocycles. The monoisotopic (exact) mass is 303 g/mol. The molecule has 0 saturated carbocycles. The molecular weight excluding hydrogens is 293 g/mol. The van der Waals surface area contributed by atoms with Crippen molar-refractivity contribution in [3.8, 4) is 11.5 Å². The first-order valence-corrected chi connectivity index (χ1v) is 6.11. The van der Waals surface area contributed by atoms with E-state index in [-0.39, 0.29) is 30.2 Å². The van der Waals surface area contributed by atoms with Crippen molar-refractivity contribution in [3.05, 3.63) is 46.5 Å². The van der Waals surface area contributed by atoms with Crippen molar-refractivity contribution in [1.29, 1.82) is 0 Å². The van der Waals surface area contributed by atoms with Crippen LogP contribution in [0.2, 0.25) is 0 Å². The van der Waals surface area contributed by atoms with Crippen molar-refractivity contribution >= 4 is 11.9 Å². The number of aromatic nitrogens is 5. The molecule has 0 radical (unpaired) electrons. The maximum Gasteiger partial charge on any atom is 0.437 e. The van der Waals surface area contributed by atoms with Crippen molar-refractivity contribution in [1.82, 2.24) is 24.7 Å². The summed E-state index contributed by atoms with van der Waals surface area (Å²) >= 11 is 0. The van der Waals surface area contributed by atoms with Gasteiger partial charge in [0.25, 0.3) is 0 Å². The third-order valence-electron chi connectivity index (χ3n) is 2.70. The van der Waals surface area contributed by atoms with E-state index in [1.165, 1.54) is 24.3 Å². The van der Waals surface area contributed by atoms with Crippen molar-refractivity contribution in [2.24, 2.45) is 0 Å². The molecule has 10 heteroatoms. The minimum absolute atomic E-state index is 0.0556. The Morgan fingerprint density at radius 2 is 1.73 bits per heavy atom. The Labute approximate surface area is 122 Å². The Morgan fingerprint density at radius 1 is 1.09 bits per heavy atom. The van der Waals surface area contributed by atoms with Crippen LogP contribution in [0.5, 0.6) is 0 Å². The summed E-state index contributed by atoms with van der Waals surface area (Å²) < 4.78 is 18.9. The topological polar surface area (TPSA) is 139 Å². The molecular formula is C12H10FN7O2. The lowest BCUT2D eigenvalue weighted by Crippen LogP contribution is -2.19. The summed E-state index contributed by atoms with van der Waals surface area (Å²) in [7, 11) is 0. The maximum atomic E-state index is 12.9. The van der Waals surface area contributed by atoms with Gasteiger partial charge in [-0.25, -0.2) is 9.18 Å². The number of halogens is 1. The van der Waals surface area contributed by atoms with E-state index in [0.717, 1.165) is 4.68 Å². The molecule has 0 spiro atoms. The van der Waals surface area contributed by atoms with Crippen molar-refractivity contribution in [2.75, 3.05) is 11.5 Å². The van der Waals surface area contributed by atoms with E-state index in [4.69, 9.17) is 15.9 Å². The molecule has 3 aromatic rings. The van der Waals surface area contributed by atoms with E-state index in [9.17, 15) is 9.18 Å². The van der Waals surface area contributed by atoms with Crippen molar-refractivity contribution in [2.45, 2.75) is 6.54 Å². The highest BCUT2D eigenvalue weighted by atomic mass is 19.1. The van der Waals surface area contributed by atoms with Gasteiger partial charge in [-0.1, -0.05) is 0 Å². The molecule has 0 unspecified atom stereocenters. The van der Waals surface area contributed by atoms with Gasteiger partial charge in [0.2, 0.25) is 17.8 Å². The third kappa shape index (κ3) is 2.75. The predicted molar refractivity (Wildman–Crippen MR) is 73.9 cm³/mol. The molecule has 4 N–H and O–H groups in total. The van der Waals surface area contributed by atoms with Crippen LogP contribution in [0.25, 0.3) is 11.5 Å². The molecule has 0 bridgehead atoms. The Kier molecular flexibility index (Phi) is 3.26. The number of nitrogens with two attached hydrogens (primary N) is 2. The summed E-state index contributed by atoms with van der Waals surface area (Å²) in [6, 6.07) is 5.37. The van der Waals surface area contributed by atoms with Crippen molar-refractivity contribution in [3.63, 3.8) is 0 Å². The first kappa shape index (κ1) is 13.7. The van der Waals surface area contributed by atoms with Gasteiger partial charge in [-0.15, -0.1) is 5.10 Å². The van der Waals surface area contributed by atoms with E-state index in [2.05, 4.69) is 20.1 Å². The summed E-state index contributed by atoms with van der Waals surface area (Å²) in [6.45, 7) is -0.0829. The standard InChI is InChI=1S/C12H10FN7O2/c13-7-3-1-6(2-4-7)9-19-20(12(21)22-9)5-8-16-10(14)18-11(15)17-8/h1-4H,5H2,(H4,14,15,16,17,18). The highest BCUT2D eigenvalue weighted by molar-refractivity contribution is 5.51. The van der Waals surface area contributed by atoms with Gasteiger partial charge in [0, 0.05) is 5.56 Å². The lowest BCUT2D eigenvalue weighted by Gasteiger charge is -2.00. The van der Waals surface area contributed by atoms with Gasteiger partial charge >= 0.3 is 5.76 Å². The predicted octanol–water partition coefficient (Wildman–Crippen LogP) is 0.0401. The molecule has 0 aliphatic heterocycles. The first-order chi connectivity index (χ1) is 10.5. The normalized spacial score (nSPS) is 10.8. The van der Waals surface area contributed by atoms with Gasteiger partial charge in [-0.05, 0) is 24.3 Å². The van der Waals surface area contributed by atoms with Crippen LogP contribution in [-0.4, -0.2) is 24.7 Å². The zero-order chi connectivity index (χ0) is 15.7. The fourth-order valence-electron chi connectivity index (χ4n) is 1.78. The summed E-state index contributed by atoms with van der Waals surface area (Å²) in [4.78, 5) is 23.1. The Morgan fingerprint density at radius 3 is 2.36 bits per heavy atom. The molecule has 9 nitrogen and oxygen atoms in total. The molecule has 0 aliphatic rings. The van der Waals surface area contributed by atoms with Crippen LogP contribution in [0.3, 0.4) is 0 Å². The minimum Gasteiger partial charge on any atom is -0.388 e. The largest absolute Gasteiger partial charge is 0.437 e. The van der Waals surface area contributed by atoms with Gasteiger partial charge in [0.15, 0.2) is 5.82 Å². The van der Waals surface area contributed by atoms with Gasteiger partial charge < -0.3 is 15.9 Å². The molecule has 1 aromatic carbocycles. The average Bonchev–Trinajstić information content (AvgIpc) is 2.80. The molecule has 2 heterocycles. The second-order valence-corrected chi connectivity index (χ2v) is 4.31. The lowest BCUT2D eigenvalue weighted by molar-refractivity contribution is 0.491. The average molecular weight is 303 g/mol. The van der Waals surface area contributed by atoms with Gasteiger partial charge in [0.1, 0.15) is 12.4 Å². The van der Waals surface area contributed by atoms with Gasteiger partial charge in [-0.3, -0.25) is 0 Å². The van der Waals surface area contributed by atoms with Crippen LogP contribution >= 0.6 is 0 Å². The van der Waals surface area contributed by atoms with E-state index in [1.807, 2.05) is 0 Å². The highest BCUT2D eigenvalue weighted by Crippen LogP contribution is 2.15.